The summed E-state index contributed by atoms with van der Waals surface area (Å²) in [4.78, 5) is 11.9. The van der Waals surface area contributed by atoms with Gasteiger partial charge in [-0.1, -0.05) is 62.2 Å². The number of hydrogen-bond donors (Lipinski definition) is 2. The van der Waals surface area contributed by atoms with Gasteiger partial charge in [-0.25, -0.2) is 9.18 Å². The van der Waals surface area contributed by atoms with Crippen LogP contribution in [0.5, 0.6) is 0 Å². The lowest BCUT2D eigenvalue weighted by Gasteiger charge is -2.23. The molecule has 29 heavy (non-hydrogen) atoms. The molecule has 0 saturated carbocycles. The fourth-order valence-corrected chi connectivity index (χ4v) is 4.72. The van der Waals surface area contributed by atoms with E-state index < -0.39 is 11.7 Å². The van der Waals surface area contributed by atoms with Gasteiger partial charge < -0.3 is 15.4 Å². The topological polar surface area (TPSA) is 50.4 Å². The second kappa shape index (κ2) is 11.1. The van der Waals surface area contributed by atoms with Crippen LogP contribution in [0.2, 0.25) is 0 Å². The molecule has 0 fully saturated rings. The second-order valence-corrected chi connectivity index (χ2v) is 9.52. The Morgan fingerprint density at radius 3 is 2.34 bits per heavy atom. The number of amides is 1. The van der Waals surface area contributed by atoms with Crippen molar-refractivity contribution in [3.63, 3.8) is 0 Å². The lowest BCUT2D eigenvalue weighted by atomic mass is 9.95. The molecule has 0 spiro atoms. The van der Waals surface area contributed by atoms with Crippen LogP contribution in [-0.2, 0) is 11.3 Å². The summed E-state index contributed by atoms with van der Waals surface area (Å²) in [5.74, 6) is -0.256. The lowest BCUT2D eigenvalue weighted by Crippen LogP contribution is -2.34. The zero-order chi connectivity index (χ0) is 21.4. The van der Waals surface area contributed by atoms with E-state index in [1.54, 1.807) is 0 Å². The highest BCUT2D eigenvalue weighted by atomic mass is 79.9. The highest BCUT2D eigenvalue weighted by molar-refractivity contribution is 9.11. The maximum absolute atomic E-state index is 13.7. The Morgan fingerprint density at radius 2 is 1.76 bits per heavy atom. The summed E-state index contributed by atoms with van der Waals surface area (Å²) in [5.41, 5.74) is 1.62. The van der Waals surface area contributed by atoms with Crippen LogP contribution in [0.15, 0.2) is 51.4 Å². The second-order valence-electron chi connectivity index (χ2n) is 7.81. The van der Waals surface area contributed by atoms with Crippen LogP contribution in [0.4, 0.5) is 9.18 Å². The zero-order valence-corrected chi connectivity index (χ0v) is 20.1. The highest BCUT2D eigenvalue weighted by Crippen LogP contribution is 2.34. The standard InChI is InChI=1S/C22H27Br2FN2O2/c1-22(2,3)29-21(28)27-10-9-16(14-26-13-15-7-5-4-6-8-15)20-18(23)11-17(25)12-19(20)24/h4-8,11-12,16,26H,9-10,13-14H2,1-3H3,(H,27,28). The fraction of sp³-hybridized carbons (Fsp3) is 0.409. The Morgan fingerprint density at radius 1 is 1.14 bits per heavy atom. The van der Waals surface area contributed by atoms with Crippen molar-refractivity contribution in [3.05, 3.63) is 68.4 Å². The zero-order valence-electron chi connectivity index (χ0n) is 16.9. The first kappa shape index (κ1) is 23.8. The molecule has 0 saturated heterocycles. The van der Waals surface area contributed by atoms with Gasteiger partial charge in [0.15, 0.2) is 0 Å². The molecular weight excluding hydrogens is 503 g/mol. The summed E-state index contributed by atoms with van der Waals surface area (Å²) in [6, 6.07) is 13.1. The molecule has 0 radical (unpaired) electrons. The van der Waals surface area contributed by atoms with Crippen molar-refractivity contribution in [2.45, 2.75) is 45.3 Å². The molecule has 158 valence electrons. The van der Waals surface area contributed by atoms with E-state index in [2.05, 4.69) is 54.6 Å². The summed E-state index contributed by atoms with van der Waals surface area (Å²) < 4.78 is 20.4. The first-order valence-corrected chi connectivity index (χ1v) is 11.1. The summed E-state index contributed by atoms with van der Waals surface area (Å²) in [6.07, 6.45) is 0.231. The molecule has 4 nitrogen and oxygen atoms in total. The van der Waals surface area contributed by atoms with Gasteiger partial charge in [0.25, 0.3) is 0 Å². The number of alkyl carbamates (subject to hydrolysis) is 1. The highest BCUT2D eigenvalue weighted by Gasteiger charge is 2.20. The smallest absolute Gasteiger partial charge is 0.407 e. The van der Waals surface area contributed by atoms with E-state index in [0.717, 1.165) is 12.1 Å². The Labute approximate surface area is 188 Å². The Bertz CT molecular complexity index is 787. The summed E-state index contributed by atoms with van der Waals surface area (Å²) >= 11 is 6.97. The molecule has 0 aliphatic heterocycles. The van der Waals surface area contributed by atoms with E-state index in [4.69, 9.17) is 4.74 Å². The molecule has 1 atom stereocenters. The minimum atomic E-state index is -0.538. The van der Waals surface area contributed by atoms with Crippen LogP contribution >= 0.6 is 31.9 Å². The molecule has 0 aromatic heterocycles. The molecule has 0 aliphatic rings. The molecule has 1 amide bonds. The molecule has 2 rings (SSSR count). The van der Waals surface area contributed by atoms with Crippen molar-refractivity contribution in [2.75, 3.05) is 13.1 Å². The van der Waals surface area contributed by atoms with Crippen LogP contribution in [0.3, 0.4) is 0 Å². The van der Waals surface area contributed by atoms with Gasteiger partial charge in [0.2, 0.25) is 0 Å². The molecular formula is C22H27Br2FN2O2. The third-order valence-corrected chi connectivity index (χ3v) is 5.49. The van der Waals surface area contributed by atoms with Crippen molar-refractivity contribution in [1.29, 1.82) is 0 Å². The third kappa shape index (κ3) is 8.44. The average Bonchev–Trinajstić information content (AvgIpc) is 2.60. The number of nitrogens with one attached hydrogen (secondary N) is 2. The molecule has 2 aromatic carbocycles. The lowest BCUT2D eigenvalue weighted by molar-refractivity contribution is 0.0526. The quantitative estimate of drug-likeness (QED) is 0.432. The molecule has 1 unspecified atom stereocenters. The van der Waals surface area contributed by atoms with Gasteiger partial charge in [-0.15, -0.1) is 0 Å². The number of rotatable bonds is 8. The largest absolute Gasteiger partial charge is 0.444 e. The van der Waals surface area contributed by atoms with Gasteiger partial charge in [-0.2, -0.15) is 0 Å². The average molecular weight is 530 g/mol. The van der Waals surface area contributed by atoms with E-state index >= 15 is 0 Å². The molecule has 7 heteroatoms. The molecule has 0 heterocycles. The van der Waals surface area contributed by atoms with Crippen LogP contribution in [-0.4, -0.2) is 24.8 Å². The monoisotopic (exact) mass is 528 g/mol. The van der Waals surface area contributed by atoms with Crippen LogP contribution in [0.25, 0.3) is 0 Å². The van der Waals surface area contributed by atoms with Crippen molar-refractivity contribution in [1.82, 2.24) is 10.6 Å². The summed E-state index contributed by atoms with van der Waals surface area (Å²) in [7, 11) is 0. The van der Waals surface area contributed by atoms with Crippen molar-refractivity contribution >= 4 is 38.0 Å². The van der Waals surface area contributed by atoms with Crippen molar-refractivity contribution < 1.29 is 13.9 Å². The summed E-state index contributed by atoms with van der Waals surface area (Å²) in [5, 5.41) is 6.27. The van der Waals surface area contributed by atoms with Gasteiger partial charge in [-0.05, 0) is 50.5 Å². The maximum Gasteiger partial charge on any atom is 0.407 e. The van der Waals surface area contributed by atoms with E-state index in [1.807, 2.05) is 39.0 Å². The minimum Gasteiger partial charge on any atom is -0.444 e. The summed E-state index contributed by atoms with van der Waals surface area (Å²) in [6.45, 7) is 7.34. The van der Waals surface area contributed by atoms with E-state index in [1.165, 1.54) is 17.7 Å². The number of ether oxygens (including phenoxy) is 1. The molecule has 2 N–H and O–H groups in total. The van der Waals surface area contributed by atoms with Crippen LogP contribution < -0.4 is 10.6 Å². The van der Waals surface area contributed by atoms with Gasteiger partial charge >= 0.3 is 6.09 Å². The third-order valence-electron chi connectivity index (χ3n) is 4.18. The number of halogens is 3. The number of carbonyl (C=O) groups excluding carboxylic acids is 1. The first-order valence-electron chi connectivity index (χ1n) is 9.51. The maximum atomic E-state index is 13.7. The van der Waals surface area contributed by atoms with Gasteiger partial charge in [0.1, 0.15) is 11.4 Å². The van der Waals surface area contributed by atoms with E-state index in [9.17, 15) is 9.18 Å². The van der Waals surface area contributed by atoms with Gasteiger partial charge in [-0.3, -0.25) is 0 Å². The normalized spacial score (nSPS) is 12.5. The minimum absolute atomic E-state index is 0.0537. The molecule has 0 aliphatic carbocycles. The Kier molecular flexibility index (Phi) is 9.11. The van der Waals surface area contributed by atoms with Gasteiger partial charge in [0, 0.05) is 34.5 Å². The first-order chi connectivity index (χ1) is 13.7. The van der Waals surface area contributed by atoms with Crippen molar-refractivity contribution in [2.24, 2.45) is 0 Å². The number of benzene rings is 2. The van der Waals surface area contributed by atoms with Crippen LogP contribution in [0, 0.1) is 5.82 Å². The van der Waals surface area contributed by atoms with Crippen LogP contribution in [0.1, 0.15) is 44.2 Å². The molecule has 0 bridgehead atoms. The predicted molar refractivity (Wildman–Crippen MR) is 122 cm³/mol. The van der Waals surface area contributed by atoms with E-state index in [0.29, 0.717) is 28.5 Å². The number of carbonyl (C=O) groups is 1. The van der Waals surface area contributed by atoms with Gasteiger partial charge in [0.05, 0.1) is 0 Å². The molecule has 2 aromatic rings. The number of hydrogen-bond acceptors (Lipinski definition) is 3. The Hall–Kier alpha value is -1.44. The fourth-order valence-electron chi connectivity index (χ4n) is 2.94. The van der Waals surface area contributed by atoms with Crippen molar-refractivity contribution in [3.8, 4) is 0 Å². The van der Waals surface area contributed by atoms with E-state index in [-0.39, 0.29) is 11.7 Å². The Balaban J connectivity index is 2.04. The SMILES string of the molecule is CC(C)(C)OC(=O)NCCC(CNCc1ccccc1)c1c(Br)cc(F)cc1Br. The predicted octanol–water partition coefficient (Wildman–Crippen LogP) is 6.14.